The van der Waals surface area contributed by atoms with E-state index in [4.69, 9.17) is 5.73 Å². The van der Waals surface area contributed by atoms with Crippen molar-refractivity contribution in [1.29, 1.82) is 0 Å². The number of benzene rings is 1. The molecule has 6 heteroatoms. The van der Waals surface area contributed by atoms with Gasteiger partial charge in [-0.1, -0.05) is 29.8 Å². The molecule has 2 aromatic rings. The Labute approximate surface area is 136 Å². The van der Waals surface area contributed by atoms with E-state index in [2.05, 4.69) is 17.2 Å². The molecule has 2 heterocycles. The summed E-state index contributed by atoms with van der Waals surface area (Å²) >= 11 is 0. The molecule has 6 nitrogen and oxygen atoms in total. The Bertz CT molecular complexity index is 679. The van der Waals surface area contributed by atoms with Gasteiger partial charge in [0, 0.05) is 19.1 Å². The summed E-state index contributed by atoms with van der Waals surface area (Å²) in [5.41, 5.74) is 8.32. The van der Waals surface area contributed by atoms with E-state index in [1.54, 1.807) is 10.9 Å². The minimum Gasteiger partial charge on any atom is -0.333 e. The van der Waals surface area contributed by atoms with Crippen LogP contribution in [0.2, 0.25) is 0 Å². The van der Waals surface area contributed by atoms with Gasteiger partial charge < -0.3 is 10.6 Å². The zero-order chi connectivity index (χ0) is 16.4. The summed E-state index contributed by atoms with van der Waals surface area (Å²) in [6.45, 7) is 5.41. The number of likely N-dealkylation sites (tertiary alicyclic amines) is 1. The van der Waals surface area contributed by atoms with Crippen molar-refractivity contribution in [3.8, 4) is 5.69 Å². The highest BCUT2D eigenvalue weighted by atomic mass is 16.2. The first kappa shape index (κ1) is 15.7. The van der Waals surface area contributed by atoms with Crippen LogP contribution in [0.15, 0.2) is 30.5 Å². The molecule has 3 rings (SSSR count). The highest BCUT2D eigenvalue weighted by Gasteiger charge is 2.32. The molecule has 0 radical (unpaired) electrons. The quantitative estimate of drug-likeness (QED) is 0.937. The number of carbonyl (C=O) groups is 1. The molecular weight excluding hydrogens is 290 g/mol. The van der Waals surface area contributed by atoms with Gasteiger partial charge in [0.05, 0.1) is 11.9 Å². The second kappa shape index (κ2) is 6.50. The van der Waals surface area contributed by atoms with Crippen LogP contribution in [0.5, 0.6) is 0 Å². The second-order valence-corrected chi connectivity index (χ2v) is 6.31. The molecule has 1 saturated heterocycles. The molecule has 1 aromatic heterocycles. The van der Waals surface area contributed by atoms with Crippen molar-refractivity contribution >= 4 is 5.91 Å². The lowest BCUT2D eigenvalue weighted by Gasteiger charge is -2.39. The summed E-state index contributed by atoms with van der Waals surface area (Å²) in [5, 5.41) is 8.15. The molecule has 1 aliphatic heterocycles. The number of hydrogen-bond donors (Lipinski definition) is 1. The molecule has 1 aliphatic rings. The van der Waals surface area contributed by atoms with Crippen molar-refractivity contribution in [2.75, 3.05) is 13.1 Å². The van der Waals surface area contributed by atoms with Crippen LogP contribution in [0.3, 0.4) is 0 Å². The number of aryl methyl sites for hydroxylation is 1. The third-order valence-corrected chi connectivity index (χ3v) is 4.63. The molecule has 122 valence electrons. The fourth-order valence-corrected chi connectivity index (χ4v) is 3.19. The molecule has 1 aromatic carbocycles. The summed E-state index contributed by atoms with van der Waals surface area (Å²) < 4.78 is 1.64. The molecule has 23 heavy (non-hydrogen) atoms. The average Bonchev–Trinajstić information content (AvgIpc) is 3.04. The topological polar surface area (TPSA) is 77.0 Å². The first-order valence-corrected chi connectivity index (χ1v) is 8.10. The van der Waals surface area contributed by atoms with Crippen molar-refractivity contribution in [2.24, 2.45) is 11.7 Å². The van der Waals surface area contributed by atoms with Crippen LogP contribution in [-0.4, -0.2) is 44.9 Å². The first-order valence-electron chi connectivity index (χ1n) is 8.10. The first-order chi connectivity index (χ1) is 11.1. The number of nitrogens with zero attached hydrogens (tertiary/aromatic N) is 4. The predicted molar refractivity (Wildman–Crippen MR) is 88.4 cm³/mol. The van der Waals surface area contributed by atoms with Crippen LogP contribution in [-0.2, 0) is 0 Å². The van der Waals surface area contributed by atoms with Crippen molar-refractivity contribution in [3.05, 3.63) is 41.7 Å². The third kappa shape index (κ3) is 3.12. The Kier molecular flexibility index (Phi) is 4.43. The Hall–Kier alpha value is -2.21. The summed E-state index contributed by atoms with van der Waals surface area (Å²) in [6, 6.07) is 8.03. The molecule has 0 spiro atoms. The Morgan fingerprint density at radius 3 is 2.78 bits per heavy atom. The van der Waals surface area contributed by atoms with Gasteiger partial charge in [-0.05, 0) is 37.8 Å². The van der Waals surface area contributed by atoms with E-state index in [-0.39, 0.29) is 11.9 Å². The van der Waals surface area contributed by atoms with Crippen LogP contribution in [0.1, 0.15) is 35.8 Å². The number of carbonyl (C=O) groups excluding carboxylic acids is 1. The van der Waals surface area contributed by atoms with Crippen molar-refractivity contribution in [3.63, 3.8) is 0 Å². The number of hydrogen-bond acceptors (Lipinski definition) is 4. The third-order valence-electron chi connectivity index (χ3n) is 4.63. The van der Waals surface area contributed by atoms with Gasteiger partial charge in [-0.3, -0.25) is 4.79 Å². The minimum atomic E-state index is -0.0784. The summed E-state index contributed by atoms with van der Waals surface area (Å²) in [4.78, 5) is 14.6. The van der Waals surface area contributed by atoms with E-state index in [1.807, 2.05) is 36.1 Å². The van der Waals surface area contributed by atoms with E-state index in [9.17, 15) is 4.79 Å². The molecule has 0 aliphatic carbocycles. The molecule has 1 fully saturated rings. The summed E-state index contributed by atoms with van der Waals surface area (Å²) in [6.07, 6.45) is 3.82. The van der Waals surface area contributed by atoms with E-state index in [0.717, 1.165) is 25.1 Å². The van der Waals surface area contributed by atoms with Gasteiger partial charge in [0.15, 0.2) is 5.69 Å². The lowest BCUT2D eigenvalue weighted by Crippen LogP contribution is -2.51. The number of nitrogens with two attached hydrogens (primary N) is 1. The average molecular weight is 313 g/mol. The van der Waals surface area contributed by atoms with Crippen LogP contribution in [0.25, 0.3) is 5.69 Å². The SMILES string of the molecule is Cc1ccc(-n2cc(C(=O)N3CCC[C@@H](C)[C@@H]3CN)nn2)cc1. The Balaban J connectivity index is 1.82. The zero-order valence-electron chi connectivity index (χ0n) is 13.6. The van der Waals surface area contributed by atoms with Crippen LogP contribution in [0.4, 0.5) is 0 Å². The number of piperidine rings is 1. The fourth-order valence-electron chi connectivity index (χ4n) is 3.19. The summed E-state index contributed by atoms with van der Waals surface area (Å²) in [7, 11) is 0. The van der Waals surface area contributed by atoms with Crippen molar-refractivity contribution < 1.29 is 4.79 Å². The largest absolute Gasteiger partial charge is 0.333 e. The van der Waals surface area contributed by atoms with Gasteiger partial charge >= 0.3 is 0 Å². The summed E-state index contributed by atoms with van der Waals surface area (Å²) in [5.74, 6) is 0.343. The van der Waals surface area contributed by atoms with Crippen LogP contribution in [0, 0.1) is 12.8 Å². The molecule has 2 atom stereocenters. The lowest BCUT2D eigenvalue weighted by molar-refractivity contribution is 0.0526. The maximum Gasteiger partial charge on any atom is 0.276 e. The Morgan fingerprint density at radius 2 is 2.09 bits per heavy atom. The maximum absolute atomic E-state index is 12.8. The smallest absolute Gasteiger partial charge is 0.276 e. The minimum absolute atomic E-state index is 0.0784. The van der Waals surface area contributed by atoms with Crippen molar-refractivity contribution in [1.82, 2.24) is 19.9 Å². The Morgan fingerprint density at radius 1 is 1.35 bits per heavy atom. The monoisotopic (exact) mass is 313 g/mol. The van der Waals surface area contributed by atoms with E-state index in [1.165, 1.54) is 5.56 Å². The van der Waals surface area contributed by atoms with E-state index >= 15 is 0 Å². The standard InChI is InChI=1S/C17H23N5O/c1-12-5-7-14(8-6-12)22-11-15(19-20-22)17(23)21-9-3-4-13(2)16(21)10-18/h5-8,11,13,16H,3-4,9-10,18H2,1-2H3/t13-,16+/m1/s1. The lowest BCUT2D eigenvalue weighted by atomic mass is 9.90. The van der Waals surface area contributed by atoms with Gasteiger partial charge in [0.25, 0.3) is 5.91 Å². The highest BCUT2D eigenvalue weighted by Crippen LogP contribution is 2.24. The van der Waals surface area contributed by atoms with Gasteiger partial charge in [0.1, 0.15) is 0 Å². The number of rotatable bonds is 3. The molecular formula is C17H23N5O. The molecule has 2 N–H and O–H groups in total. The van der Waals surface area contributed by atoms with Gasteiger partial charge in [-0.15, -0.1) is 5.10 Å². The van der Waals surface area contributed by atoms with E-state index in [0.29, 0.717) is 18.2 Å². The number of amides is 1. The predicted octanol–water partition coefficient (Wildman–Crippen LogP) is 1.78. The molecule has 1 amide bonds. The van der Waals surface area contributed by atoms with Crippen molar-refractivity contribution in [2.45, 2.75) is 32.7 Å². The number of aromatic nitrogens is 3. The second-order valence-electron chi connectivity index (χ2n) is 6.31. The highest BCUT2D eigenvalue weighted by molar-refractivity contribution is 5.92. The normalized spacial score (nSPS) is 21.4. The maximum atomic E-state index is 12.8. The van der Waals surface area contributed by atoms with Gasteiger partial charge in [-0.25, -0.2) is 4.68 Å². The van der Waals surface area contributed by atoms with Crippen LogP contribution >= 0.6 is 0 Å². The molecule has 0 saturated carbocycles. The van der Waals surface area contributed by atoms with Gasteiger partial charge in [-0.2, -0.15) is 0 Å². The zero-order valence-corrected chi connectivity index (χ0v) is 13.6. The molecule has 0 bridgehead atoms. The van der Waals surface area contributed by atoms with Gasteiger partial charge in [0.2, 0.25) is 0 Å². The molecule has 0 unspecified atom stereocenters. The van der Waals surface area contributed by atoms with E-state index < -0.39 is 0 Å². The van der Waals surface area contributed by atoms with Crippen LogP contribution < -0.4 is 5.73 Å². The fraction of sp³-hybridized carbons (Fsp3) is 0.471.